The van der Waals surface area contributed by atoms with E-state index in [4.69, 9.17) is 5.73 Å². The summed E-state index contributed by atoms with van der Waals surface area (Å²) in [5, 5.41) is 0. The molecular weight excluding hydrogens is 208 g/mol. The minimum Gasteiger partial charge on any atom is -0.324 e. The second kappa shape index (κ2) is 4.50. The van der Waals surface area contributed by atoms with Crippen molar-refractivity contribution in [1.82, 2.24) is 0 Å². The van der Waals surface area contributed by atoms with Gasteiger partial charge in [0.15, 0.2) is 0 Å². The summed E-state index contributed by atoms with van der Waals surface area (Å²) in [6, 6.07) is 3.33. The van der Waals surface area contributed by atoms with E-state index in [9.17, 15) is 8.78 Å². The summed E-state index contributed by atoms with van der Waals surface area (Å²) in [7, 11) is 0. The fourth-order valence-corrected chi connectivity index (χ4v) is 2.72. The third kappa shape index (κ3) is 2.24. The number of hydrogen-bond acceptors (Lipinski definition) is 1. The molecule has 3 heteroatoms. The zero-order valence-electron chi connectivity index (χ0n) is 9.42. The van der Waals surface area contributed by atoms with Gasteiger partial charge in [-0.3, -0.25) is 0 Å². The van der Waals surface area contributed by atoms with Crippen LogP contribution in [0.15, 0.2) is 18.2 Å². The highest BCUT2D eigenvalue weighted by molar-refractivity contribution is 5.22. The normalized spacial score (nSPS) is 27.0. The zero-order valence-corrected chi connectivity index (χ0v) is 9.42. The Kier molecular flexibility index (Phi) is 3.24. The maximum atomic E-state index is 13.1. The van der Waals surface area contributed by atoms with Crippen LogP contribution < -0.4 is 5.73 Å². The lowest BCUT2D eigenvalue weighted by molar-refractivity contribution is 0.349. The molecule has 1 aliphatic rings. The Bertz CT molecular complexity index is 358. The molecule has 1 aromatic carbocycles. The lowest BCUT2D eigenvalue weighted by atomic mass is 9.86. The van der Waals surface area contributed by atoms with E-state index in [1.807, 2.05) is 0 Å². The molecule has 1 fully saturated rings. The molecule has 1 saturated carbocycles. The first kappa shape index (κ1) is 11.5. The van der Waals surface area contributed by atoms with Crippen LogP contribution >= 0.6 is 0 Å². The van der Waals surface area contributed by atoms with Crippen molar-refractivity contribution in [3.05, 3.63) is 35.4 Å². The Morgan fingerprint density at radius 2 is 1.81 bits per heavy atom. The van der Waals surface area contributed by atoms with Crippen LogP contribution in [0.2, 0.25) is 0 Å². The SMILES string of the molecule is CC1CCCC1C(N)c1cc(F)cc(F)c1. The third-order valence-corrected chi connectivity index (χ3v) is 3.66. The van der Waals surface area contributed by atoms with Crippen molar-refractivity contribution < 1.29 is 8.78 Å². The Hall–Kier alpha value is -0.960. The molecule has 1 aliphatic carbocycles. The first-order valence-corrected chi connectivity index (χ1v) is 5.79. The van der Waals surface area contributed by atoms with Crippen molar-refractivity contribution in [2.45, 2.75) is 32.2 Å². The standard InChI is InChI=1S/C13H17F2N/c1-8-3-2-4-12(8)13(16)9-5-10(14)7-11(15)6-9/h5-8,12-13H,2-4,16H2,1H3. The Morgan fingerprint density at radius 1 is 1.19 bits per heavy atom. The predicted molar refractivity (Wildman–Crippen MR) is 59.8 cm³/mol. The first-order chi connectivity index (χ1) is 7.58. The summed E-state index contributed by atoms with van der Waals surface area (Å²) in [4.78, 5) is 0. The van der Waals surface area contributed by atoms with Gasteiger partial charge in [0.25, 0.3) is 0 Å². The van der Waals surface area contributed by atoms with Gasteiger partial charge in [-0.2, -0.15) is 0 Å². The van der Waals surface area contributed by atoms with E-state index in [1.54, 1.807) is 0 Å². The van der Waals surface area contributed by atoms with Crippen LogP contribution in [-0.2, 0) is 0 Å². The summed E-state index contributed by atoms with van der Waals surface area (Å²) < 4.78 is 26.2. The van der Waals surface area contributed by atoms with E-state index in [2.05, 4.69) is 6.92 Å². The highest BCUT2D eigenvalue weighted by Gasteiger charge is 2.29. The number of nitrogens with two attached hydrogens (primary N) is 1. The zero-order chi connectivity index (χ0) is 11.7. The smallest absolute Gasteiger partial charge is 0.126 e. The molecule has 0 heterocycles. The third-order valence-electron chi connectivity index (χ3n) is 3.66. The van der Waals surface area contributed by atoms with E-state index in [0.717, 1.165) is 25.3 Å². The topological polar surface area (TPSA) is 26.0 Å². The molecule has 0 amide bonds. The average Bonchev–Trinajstić information content (AvgIpc) is 2.62. The molecular formula is C13H17F2N. The maximum absolute atomic E-state index is 13.1. The van der Waals surface area contributed by atoms with Crippen molar-refractivity contribution >= 4 is 0 Å². The van der Waals surface area contributed by atoms with Gasteiger partial charge >= 0.3 is 0 Å². The second-order valence-corrected chi connectivity index (χ2v) is 4.80. The number of rotatable bonds is 2. The minimum atomic E-state index is -0.545. The average molecular weight is 225 g/mol. The lowest BCUT2D eigenvalue weighted by Gasteiger charge is -2.23. The van der Waals surface area contributed by atoms with Crippen molar-refractivity contribution in [2.24, 2.45) is 17.6 Å². The van der Waals surface area contributed by atoms with E-state index in [1.165, 1.54) is 12.1 Å². The maximum Gasteiger partial charge on any atom is 0.126 e. The highest BCUT2D eigenvalue weighted by Crippen LogP contribution is 2.38. The van der Waals surface area contributed by atoms with Crippen molar-refractivity contribution in [2.75, 3.05) is 0 Å². The lowest BCUT2D eigenvalue weighted by Crippen LogP contribution is -2.23. The van der Waals surface area contributed by atoms with Crippen LogP contribution in [0.5, 0.6) is 0 Å². The van der Waals surface area contributed by atoms with E-state index >= 15 is 0 Å². The molecule has 0 bridgehead atoms. The molecule has 3 unspecified atom stereocenters. The number of hydrogen-bond donors (Lipinski definition) is 1. The molecule has 0 aliphatic heterocycles. The minimum absolute atomic E-state index is 0.248. The Balaban J connectivity index is 2.22. The fourth-order valence-electron chi connectivity index (χ4n) is 2.72. The summed E-state index contributed by atoms with van der Waals surface area (Å²) in [6.45, 7) is 2.16. The van der Waals surface area contributed by atoms with Crippen LogP contribution in [0.4, 0.5) is 8.78 Å². The van der Waals surface area contributed by atoms with Gasteiger partial charge in [0.2, 0.25) is 0 Å². The Labute approximate surface area is 94.7 Å². The quantitative estimate of drug-likeness (QED) is 0.820. The molecule has 2 N–H and O–H groups in total. The van der Waals surface area contributed by atoms with E-state index in [0.29, 0.717) is 17.4 Å². The van der Waals surface area contributed by atoms with Gasteiger partial charge in [0.1, 0.15) is 11.6 Å². The summed E-state index contributed by atoms with van der Waals surface area (Å²) >= 11 is 0. The molecule has 3 atom stereocenters. The van der Waals surface area contributed by atoms with Gasteiger partial charge in [-0.1, -0.05) is 19.8 Å². The van der Waals surface area contributed by atoms with Gasteiger partial charge in [-0.25, -0.2) is 8.78 Å². The van der Waals surface area contributed by atoms with Gasteiger partial charge in [-0.05, 0) is 36.0 Å². The summed E-state index contributed by atoms with van der Waals surface area (Å²) in [6.07, 6.45) is 3.38. The molecule has 2 rings (SSSR count). The highest BCUT2D eigenvalue weighted by atomic mass is 19.1. The van der Waals surface area contributed by atoms with Gasteiger partial charge < -0.3 is 5.73 Å². The van der Waals surface area contributed by atoms with Crippen LogP contribution in [0.3, 0.4) is 0 Å². The fraction of sp³-hybridized carbons (Fsp3) is 0.538. The summed E-state index contributed by atoms with van der Waals surface area (Å²) in [5.41, 5.74) is 6.68. The molecule has 0 aromatic heterocycles. The van der Waals surface area contributed by atoms with Crippen LogP contribution in [0, 0.1) is 23.5 Å². The van der Waals surface area contributed by atoms with Gasteiger partial charge in [0, 0.05) is 12.1 Å². The molecule has 16 heavy (non-hydrogen) atoms. The molecule has 1 nitrogen and oxygen atoms in total. The molecule has 88 valence electrons. The molecule has 0 spiro atoms. The number of halogens is 2. The van der Waals surface area contributed by atoms with Gasteiger partial charge in [-0.15, -0.1) is 0 Å². The number of benzene rings is 1. The monoisotopic (exact) mass is 225 g/mol. The van der Waals surface area contributed by atoms with Gasteiger partial charge in [0.05, 0.1) is 0 Å². The van der Waals surface area contributed by atoms with Crippen molar-refractivity contribution in [1.29, 1.82) is 0 Å². The second-order valence-electron chi connectivity index (χ2n) is 4.80. The first-order valence-electron chi connectivity index (χ1n) is 5.79. The van der Waals surface area contributed by atoms with Crippen LogP contribution in [0.25, 0.3) is 0 Å². The molecule has 0 saturated heterocycles. The van der Waals surface area contributed by atoms with Crippen LogP contribution in [0.1, 0.15) is 37.8 Å². The van der Waals surface area contributed by atoms with Crippen molar-refractivity contribution in [3.63, 3.8) is 0 Å². The largest absolute Gasteiger partial charge is 0.324 e. The Morgan fingerprint density at radius 3 is 2.31 bits per heavy atom. The molecule has 0 radical (unpaired) electrons. The van der Waals surface area contributed by atoms with E-state index in [-0.39, 0.29) is 6.04 Å². The van der Waals surface area contributed by atoms with Crippen molar-refractivity contribution in [3.8, 4) is 0 Å². The predicted octanol–water partition coefficient (Wildman–Crippen LogP) is 3.40. The molecule has 1 aromatic rings. The van der Waals surface area contributed by atoms with E-state index < -0.39 is 11.6 Å². The van der Waals surface area contributed by atoms with Crippen LogP contribution in [-0.4, -0.2) is 0 Å². The summed E-state index contributed by atoms with van der Waals surface area (Å²) in [5.74, 6) is -0.199.